The van der Waals surface area contributed by atoms with Crippen molar-refractivity contribution in [2.45, 2.75) is 6.42 Å². The molecule has 0 aromatic rings. The van der Waals surface area contributed by atoms with Gasteiger partial charge in [0.1, 0.15) is 0 Å². The van der Waals surface area contributed by atoms with Crippen LogP contribution in [-0.4, -0.2) is 61.0 Å². The van der Waals surface area contributed by atoms with Gasteiger partial charge in [-0.15, -0.1) is 0 Å². The summed E-state index contributed by atoms with van der Waals surface area (Å²) in [6.07, 6.45) is 0.288. The Bertz CT molecular complexity index is 140. The van der Waals surface area contributed by atoms with Crippen LogP contribution in [0.2, 0.25) is 0 Å². The molecule has 7 heteroatoms. The SMILES string of the molecule is COC(=O)CCN(CCO)CCO.NN. The molecule has 0 saturated carbocycles. The second kappa shape index (κ2) is 13.3. The highest BCUT2D eigenvalue weighted by molar-refractivity contribution is 5.69. The van der Waals surface area contributed by atoms with Gasteiger partial charge in [-0.1, -0.05) is 0 Å². The Labute approximate surface area is 89.6 Å². The molecule has 0 aromatic carbocycles. The van der Waals surface area contributed by atoms with E-state index in [1.165, 1.54) is 7.11 Å². The number of methoxy groups -OCH3 is 1. The molecule has 0 aliphatic rings. The lowest BCUT2D eigenvalue weighted by molar-refractivity contribution is -0.141. The van der Waals surface area contributed by atoms with Crippen molar-refractivity contribution in [1.82, 2.24) is 4.90 Å². The Balaban J connectivity index is 0. The molecule has 0 rings (SSSR count). The Kier molecular flexibility index (Phi) is 14.8. The Morgan fingerprint density at radius 3 is 2.00 bits per heavy atom. The maximum atomic E-state index is 10.8. The van der Waals surface area contributed by atoms with E-state index in [4.69, 9.17) is 10.2 Å². The summed E-state index contributed by atoms with van der Waals surface area (Å²) in [5.41, 5.74) is 0. The van der Waals surface area contributed by atoms with Crippen molar-refractivity contribution < 1.29 is 19.7 Å². The lowest BCUT2D eigenvalue weighted by Gasteiger charge is -2.18. The van der Waals surface area contributed by atoms with Crippen LogP contribution in [0.25, 0.3) is 0 Å². The summed E-state index contributed by atoms with van der Waals surface area (Å²) in [6.45, 7) is 1.51. The van der Waals surface area contributed by atoms with Crippen LogP contribution in [0.5, 0.6) is 0 Å². The van der Waals surface area contributed by atoms with Gasteiger partial charge in [0, 0.05) is 19.6 Å². The van der Waals surface area contributed by atoms with E-state index >= 15 is 0 Å². The van der Waals surface area contributed by atoms with Gasteiger partial charge in [-0.3, -0.25) is 21.4 Å². The first-order valence-electron chi connectivity index (χ1n) is 4.58. The number of rotatable bonds is 7. The molecule has 15 heavy (non-hydrogen) atoms. The Morgan fingerprint density at radius 2 is 1.67 bits per heavy atom. The summed E-state index contributed by atoms with van der Waals surface area (Å²) in [5, 5.41) is 17.3. The van der Waals surface area contributed by atoms with Gasteiger partial charge in [-0.2, -0.15) is 0 Å². The average Bonchev–Trinajstić information content (AvgIpc) is 2.28. The van der Waals surface area contributed by atoms with Gasteiger partial charge in [-0.05, 0) is 0 Å². The number of hydrogen-bond donors (Lipinski definition) is 4. The van der Waals surface area contributed by atoms with Gasteiger partial charge < -0.3 is 14.9 Å². The molecule has 0 aliphatic carbocycles. The number of nitrogens with zero attached hydrogens (tertiary/aromatic N) is 1. The number of carbonyl (C=O) groups excluding carboxylic acids is 1. The summed E-state index contributed by atoms with van der Waals surface area (Å²) in [4.78, 5) is 12.6. The molecule has 0 fully saturated rings. The van der Waals surface area contributed by atoms with Crippen LogP contribution in [0.15, 0.2) is 0 Å². The number of esters is 1. The zero-order valence-electron chi connectivity index (χ0n) is 9.06. The lowest BCUT2D eigenvalue weighted by atomic mass is 10.3. The number of hydrogen-bond acceptors (Lipinski definition) is 7. The summed E-state index contributed by atoms with van der Waals surface area (Å²) in [7, 11) is 1.34. The number of aliphatic hydroxyl groups is 2. The maximum Gasteiger partial charge on any atom is 0.306 e. The molecule has 6 N–H and O–H groups in total. The zero-order chi connectivity index (χ0) is 12.1. The zero-order valence-corrected chi connectivity index (χ0v) is 9.06. The predicted molar refractivity (Wildman–Crippen MR) is 55.6 cm³/mol. The van der Waals surface area contributed by atoms with E-state index in [0.29, 0.717) is 19.6 Å². The largest absolute Gasteiger partial charge is 0.469 e. The second-order valence-corrected chi connectivity index (χ2v) is 2.61. The topological polar surface area (TPSA) is 122 Å². The highest BCUT2D eigenvalue weighted by Crippen LogP contribution is 1.92. The quantitative estimate of drug-likeness (QED) is 0.216. The van der Waals surface area contributed by atoms with Crippen molar-refractivity contribution in [1.29, 1.82) is 0 Å². The van der Waals surface area contributed by atoms with E-state index in [-0.39, 0.29) is 25.6 Å². The van der Waals surface area contributed by atoms with Gasteiger partial charge in [0.2, 0.25) is 0 Å². The van der Waals surface area contributed by atoms with Gasteiger partial charge in [0.15, 0.2) is 0 Å². The minimum atomic E-state index is -0.277. The summed E-state index contributed by atoms with van der Waals surface area (Å²) in [6, 6.07) is 0. The Hall–Kier alpha value is -0.730. The van der Waals surface area contributed by atoms with Crippen LogP contribution >= 0.6 is 0 Å². The second-order valence-electron chi connectivity index (χ2n) is 2.61. The predicted octanol–water partition coefficient (Wildman–Crippen LogP) is -2.35. The third-order valence-corrected chi connectivity index (χ3v) is 1.69. The standard InChI is InChI=1S/C8H17NO4.H4N2/c1-13-8(12)2-3-9(4-6-10)5-7-11;1-2/h10-11H,2-7H2,1H3;1-2H2. The van der Waals surface area contributed by atoms with Crippen molar-refractivity contribution in [3.8, 4) is 0 Å². The number of aliphatic hydroxyl groups excluding tert-OH is 2. The van der Waals surface area contributed by atoms with E-state index in [1.54, 1.807) is 4.90 Å². The lowest BCUT2D eigenvalue weighted by Crippen LogP contribution is -2.32. The van der Waals surface area contributed by atoms with Gasteiger partial charge in [0.25, 0.3) is 0 Å². The fraction of sp³-hybridized carbons (Fsp3) is 0.875. The summed E-state index contributed by atoms with van der Waals surface area (Å²) in [5.74, 6) is 7.72. The van der Waals surface area contributed by atoms with Crippen molar-refractivity contribution in [3.63, 3.8) is 0 Å². The molecule has 0 heterocycles. The number of carbonyl (C=O) groups is 1. The van der Waals surface area contributed by atoms with E-state index in [0.717, 1.165) is 0 Å². The van der Waals surface area contributed by atoms with Gasteiger partial charge in [0.05, 0.1) is 26.7 Å². The minimum Gasteiger partial charge on any atom is -0.469 e. The van der Waals surface area contributed by atoms with Crippen LogP contribution in [0.3, 0.4) is 0 Å². The third kappa shape index (κ3) is 11.2. The normalized spacial score (nSPS) is 9.47. The molecule has 92 valence electrons. The van der Waals surface area contributed by atoms with Crippen LogP contribution in [0.1, 0.15) is 6.42 Å². The van der Waals surface area contributed by atoms with E-state index in [1.807, 2.05) is 0 Å². The molecule has 0 unspecified atom stereocenters. The third-order valence-electron chi connectivity index (χ3n) is 1.69. The van der Waals surface area contributed by atoms with Crippen molar-refractivity contribution in [2.24, 2.45) is 11.7 Å². The number of nitrogens with two attached hydrogens (primary N) is 2. The van der Waals surface area contributed by atoms with Crippen molar-refractivity contribution in [3.05, 3.63) is 0 Å². The first-order chi connectivity index (χ1) is 7.24. The molecule has 0 aliphatic heterocycles. The monoisotopic (exact) mass is 223 g/mol. The molecule has 0 amide bonds. The van der Waals surface area contributed by atoms with Crippen molar-refractivity contribution >= 4 is 5.97 Å². The minimum absolute atomic E-state index is 0.0289. The highest BCUT2D eigenvalue weighted by atomic mass is 16.5. The first kappa shape index (κ1) is 16.7. The summed E-state index contributed by atoms with van der Waals surface area (Å²) >= 11 is 0. The summed E-state index contributed by atoms with van der Waals surface area (Å²) < 4.78 is 4.47. The molecule has 0 bridgehead atoms. The molecule has 0 saturated heterocycles. The smallest absolute Gasteiger partial charge is 0.306 e. The van der Waals surface area contributed by atoms with E-state index in [2.05, 4.69) is 16.4 Å². The van der Waals surface area contributed by atoms with Gasteiger partial charge >= 0.3 is 5.97 Å². The van der Waals surface area contributed by atoms with Crippen LogP contribution in [-0.2, 0) is 9.53 Å². The molecule has 0 spiro atoms. The fourth-order valence-electron chi connectivity index (χ4n) is 0.970. The Morgan fingerprint density at radius 1 is 1.20 bits per heavy atom. The fourth-order valence-corrected chi connectivity index (χ4v) is 0.970. The number of hydrazine groups is 1. The molecule has 7 nitrogen and oxygen atoms in total. The highest BCUT2D eigenvalue weighted by Gasteiger charge is 2.06. The van der Waals surface area contributed by atoms with Crippen LogP contribution in [0.4, 0.5) is 0 Å². The average molecular weight is 223 g/mol. The van der Waals surface area contributed by atoms with Crippen molar-refractivity contribution in [2.75, 3.05) is 40.0 Å². The van der Waals surface area contributed by atoms with Crippen LogP contribution in [0, 0.1) is 0 Å². The van der Waals surface area contributed by atoms with E-state index in [9.17, 15) is 4.79 Å². The molecule has 0 aromatic heterocycles. The molecule has 0 radical (unpaired) electrons. The van der Waals surface area contributed by atoms with Crippen LogP contribution < -0.4 is 11.7 Å². The number of ether oxygens (including phenoxy) is 1. The first-order valence-corrected chi connectivity index (χ1v) is 4.58. The molecule has 0 atom stereocenters. The van der Waals surface area contributed by atoms with E-state index < -0.39 is 0 Å². The molecular formula is C8H21N3O4. The maximum absolute atomic E-state index is 10.8. The van der Waals surface area contributed by atoms with Gasteiger partial charge in [-0.25, -0.2) is 0 Å². The molecular weight excluding hydrogens is 202 g/mol.